The summed E-state index contributed by atoms with van der Waals surface area (Å²) in [5, 5.41) is 12.5. The highest BCUT2D eigenvalue weighted by atomic mass is 32.1. The van der Waals surface area contributed by atoms with Crippen LogP contribution in [0.2, 0.25) is 0 Å². The molecule has 1 aromatic heterocycles. The van der Waals surface area contributed by atoms with Gasteiger partial charge in [0.15, 0.2) is 13.2 Å². The zero-order chi connectivity index (χ0) is 18.5. The molecule has 0 unspecified atom stereocenters. The minimum Gasteiger partial charge on any atom is -0.482 e. The Balaban J connectivity index is 1.48. The lowest BCUT2D eigenvalue weighted by Crippen LogP contribution is -2.23. The topological polar surface area (TPSA) is 88.4 Å². The number of fused-ring (bicyclic) bond motifs is 1. The molecule has 1 heterocycles. The number of thiophene rings is 1. The zero-order valence-electron chi connectivity index (χ0n) is 14.3. The van der Waals surface area contributed by atoms with Crippen LogP contribution in [0.5, 0.6) is 5.75 Å². The van der Waals surface area contributed by atoms with Crippen molar-refractivity contribution in [3.05, 3.63) is 45.8 Å². The van der Waals surface area contributed by atoms with E-state index in [1.54, 1.807) is 6.07 Å². The van der Waals surface area contributed by atoms with Gasteiger partial charge in [-0.1, -0.05) is 18.2 Å². The lowest BCUT2D eigenvalue weighted by molar-refractivity contribution is -0.149. The number of carbonyl (C=O) groups is 2. The van der Waals surface area contributed by atoms with Crippen molar-refractivity contribution in [3.63, 3.8) is 0 Å². The first-order valence-electron chi connectivity index (χ1n) is 8.27. The van der Waals surface area contributed by atoms with E-state index in [0.717, 1.165) is 35.3 Å². The number of anilines is 1. The number of esters is 1. The molecule has 1 N–H and O–H groups in total. The number of para-hydroxylation sites is 1. The number of hydrogen-bond donors (Lipinski definition) is 1. The van der Waals surface area contributed by atoms with Gasteiger partial charge in [0.05, 0.1) is 5.56 Å². The largest absolute Gasteiger partial charge is 0.482 e. The van der Waals surface area contributed by atoms with Crippen molar-refractivity contribution in [2.75, 3.05) is 18.5 Å². The van der Waals surface area contributed by atoms with Crippen molar-refractivity contribution in [3.8, 4) is 11.8 Å². The first-order chi connectivity index (χ1) is 12.6. The molecule has 0 radical (unpaired) electrons. The molecule has 1 aliphatic rings. The van der Waals surface area contributed by atoms with E-state index < -0.39 is 18.5 Å². The van der Waals surface area contributed by atoms with E-state index in [0.29, 0.717) is 16.3 Å². The molecule has 1 amide bonds. The van der Waals surface area contributed by atoms with Gasteiger partial charge in [0.1, 0.15) is 16.8 Å². The molecular formula is C19H18N2O4S. The van der Waals surface area contributed by atoms with Crippen molar-refractivity contribution in [1.29, 1.82) is 5.26 Å². The highest BCUT2D eigenvalue weighted by molar-refractivity contribution is 7.16. The lowest BCUT2D eigenvalue weighted by Gasteiger charge is -2.09. The van der Waals surface area contributed by atoms with Gasteiger partial charge in [-0.05, 0) is 43.4 Å². The fourth-order valence-corrected chi connectivity index (χ4v) is 4.07. The first-order valence-corrected chi connectivity index (χ1v) is 9.08. The minimum atomic E-state index is -0.627. The van der Waals surface area contributed by atoms with Gasteiger partial charge in [0, 0.05) is 4.88 Å². The number of hydrogen-bond acceptors (Lipinski definition) is 6. The number of amides is 1. The SMILES string of the molecule is Cc1ccccc1OCC(=O)OCC(=O)Nc1sc2c(c1C#N)CCC2. The third-order valence-electron chi connectivity index (χ3n) is 4.09. The third kappa shape index (κ3) is 4.03. The average Bonchev–Trinajstić information content (AvgIpc) is 3.19. The van der Waals surface area contributed by atoms with Crippen LogP contribution in [0.1, 0.15) is 28.0 Å². The van der Waals surface area contributed by atoms with Crippen LogP contribution in [0, 0.1) is 18.3 Å². The number of aryl methyl sites for hydroxylation is 2. The van der Waals surface area contributed by atoms with E-state index in [1.165, 1.54) is 11.3 Å². The maximum absolute atomic E-state index is 12.0. The molecule has 2 aromatic rings. The van der Waals surface area contributed by atoms with E-state index in [-0.39, 0.29) is 6.61 Å². The van der Waals surface area contributed by atoms with Crippen LogP contribution in [-0.4, -0.2) is 25.1 Å². The molecule has 7 heteroatoms. The minimum absolute atomic E-state index is 0.269. The van der Waals surface area contributed by atoms with Gasteiger partial charge in [-0.3, -0.25) is 4.79 Å². The summed E-state index contributed by atoms with van der Waals surface area (Å²) < 4.78 is 10.3. The van der Waals surface area contributed by atoms with Crippen LogP contribution in [0.4, 0.5) is 5.00 Å². The normalized spacial score (nSPS) is 12.2. The highest BCUT2D eigenvalue weighted by Crippen LogP contribution is 2.38. The van der Waals surface area contributed by atoms with Crippen LogP contribution in [-0.2, 0) is 27.2 Å². The average molecular weight is 370 g/mol. The summed E-state index contributed by atoms with van der Waals surface area (Å²) in [5.74, 6) is -0.496. The molecule has 1 aliphatic carbocycles. The molecule has 134 valence electrons. The molecule has 0 fully saturated rings. The Morgan fingerprint density at radius 3 is 2.85 bits per heavy atom. The summed E-state index contributed by atoms with van der Waals surface area (Å²) in [7, 11) is 0. The number of carbonyl (C=O) groups excluding carboxylic acids is 2. The number of benzene rings is 1. The second-order valence-electron chi connectivity index (χ2n) is 5.94. The molecule has 3 rings (SSSR count). The van der Waals surface area contributed by atoms with Crippen LogP contribution in [0.15, 0.2) is 24.3 Å². The Morgan fingerprint density at radius 2 is 2.08 bits per heavy atom. The van der Waals surface area contributed by atoms with Gasteiger partial charge in [0.2, 0.25) is 0 Å². The van der Waals surface area contributed by atoms with E-state index in [4.69, 9.17) is 9.47 Å². The van der Waals surface area contributed by atoms with Crippen LogP contribution in [0.25, 0.3) is 0 Å². The van der Waals surface area contributed by atoms with Crippen molar-refractivity contribution in [2.45, 2.75) is 26.2 Å². The summed E-state index contributed by atoms with van der Waals surface area (Å²) in [6, 6.07) is 9.48. The van der Waals surface area contributed by atoms with Gasteiger partial charge in [-0.25, -0.2) is 4.79 Å². The Hall–Kier alpha value is -2.85. The summed E-state index contributed by atoms with van der Waals surface area (Å²) in [4.78, 5) is 24.9. The Kier molecular flexibility index (Phi) is 5.54. The standard InChI is InChI=1S/C19H18N2O4S/c1-12-5-2-3-7-15(12)24-11-18(23)25-10-17(22)21-19-14(9-20)13-6-4-8-16(13)26-19/h2-3,5,7H,4,6,8,10-11H2,1H3,(H,21,22). The van der Waals surface area contributed by atoms with Gasteiger partial charge < -0.3 is 14.8 Å². The van der Waals surface area contributed by atoms with Crippen molar-refractivity contribution >= 4 is 28.2 Å². The van der Waals surface area contributed by atoms with E-state index in [1.807, 2.05) is 25.1 Å². The number of nitrogens with zero attached hydrogens (tertiary/aromatic N) is 1. The molecule has 0 bridgehead atoms. The summed E-state index contributed by atoms with van der Waals surface area (Å²) in [6.07, 6.45) is 2.86. The fraction of sp³-hybridized carbons (Fsp3) is 0.316. The van der Waals surface area contributed by atoms with Crippen LogP contribution >= 0.6 is 11.3 Å². The Labute approximate surface area is 155 Å². The molecule has 0 saturated carbocycles. The number of rotatable bonds is 6. The molecular weight excluding hydrogens is 352 g/mol. The van der Waals surface area contributed by atoms with Gasteiger partial charge in [-0.15, -0.1) is 11.3 Å². The summed E-state index contributed by atoms with van der Waals surface area (Å²) >= 11 is 1.43. The Morgan fingerprint density at radius 1 is 1.27 bits per heavy atom. The van der Waals surface area contributed by atoms with Gasteiger partial charge in [-0.2, -0.15) is 5.26 Å². The molecule has 0 atom stereocenters. The smallest absolute Gasteiger partial charge is 0.344 e. The molecule has 0 aliphatic heterocycles. The fourth-order valence-electron chi connectivity index (χ4n) is 2.82. The maximum Gasteiger partial charge on any atom is 0.344 e. The van der Waals surface area contributed by atoms with Crippen LogP contribution in [0.3, 0.4) is 0 Å². The molecule has 26 heavy (non-hydrogen) atoms. The van der Waals surface area contributed by atoms with Crippen molar-refractivity contribution in [1.82, 2.24) is 0 Å². The quantitative estimate of drug-likeness (QED) is 0.790. The molecule has 0 saturated heterocycles. The first kappa shape index (κ1) is 18.0. The number of nitrogens with one attached hydrogen (secondary N) is 1. The van der Waals surface area contributed by atoms with E-state index in [2.05, 4.69) is 11.4 Å². The van der Waals surface area contributed by atoms with Gasteiger partial charge in [0.25, 0.3) is 5.91 Å². The zero-order valence-corrected chi connectivity index (χ0v) is 15.1. The molecule has 0 spiro atoms. The van der Waals surface area contributed by atoms with E-state index >= 15 is 0 Å². The van der Waals surface area contributed by atoms with E-state index in [9.17, 15) is 14.9 Å². The molecule has 6 nitrogen and oxygen atoms in total. The predicted octanol–water partition coefficient (Wildman–Crippen LogP) is 2.98. The number of nitriles is 1. The van der Waals surface area contributed by atoms with Crippen molar-refractivity contribution < 1.29 is 19.1 Å². The predicted molar refractivity (Wildman–Crippen MR) is 97.3 cm³/mol. The van der Waals surface area contributed by atoms with Gasteiger partial charge >= 0.3 is 5.97 Å². The number of ether oxygens (including phenoxy) is 2. The Bertz CT molecular complexity index is 882. The van der Waals surface area contributed by atoms with Crippen molar-refractivity contribution in [2.24, 2.45) is 0 Å². The summed E-state index contributed by atoms with van der Waals surface area (Å²) in [6.45, 7) is 1.19. The maximum atomic E-state index is 12.0. The second kappa shape index (κ2) is 8.02. The highest BCUT2D eigenvalue weighted by Gasteiger charge is 2.23. The molecule has 1 aromatic carbocycles. The lowest BCUT2D eigenvalue weighted by atomic mass is 10.1. The summed E-state index contributed by atoms with van der Waals surface area (Å²) in [5.41, 5.74) is 2.48. The van der Waals surface area contributed by atoms with Crippen LogP contribution < -0.4 is 10.1 Å². The third-order valence-corrected chi connectivity index (χ3v) is 5.30. The second-order valence-corrected chi connectivity index (χ2v) is 7.04. The monoisotopic (exact) mass is 370 g/mol.